The summed E-state index contributed by atoms with van der Waals surface area (Å²) in [6.45, 7) is -0.250. The van der Waals surface area contributed by atoms with Gasteiger partial charge in [-0.3, -0.25) is 4.79 Å². The van der Waals surface area contributed by atoms with Gasteiger partial charge in [-0.15, -0.1) is 0 Å². The van der Waals surface area contributed by atoms with Crippen LogP contribution in [-0.2, 0) is 4.79 Å². The minimum atomic E-state index is -0.273. The van der Waals surface area contributed by atoms with E-state index in [1.807, 2.05) is 36.4 Å². The minimum absolute atomic E-state index is 0.250. The lowest BCUT2D eigenvalue weighted by Gasteiger charge is -2.22. The molecule has 0 aromatic heterocycles. The van der Waals surface area contributed by atoms with E-state index in [2.05, 4.69) is 22.8 Å². The van der Waals surface area contributed by atoms with Crippen molar-refractivity contribution in [3.63, 3.8) is 0 Å². The molecule has 0 spiro atoms. The number of carboxylic acid groups (broad SMARTS) is 1. The van der Waals surface area contributed by atoms with E-state index in [4.69, 9.17) is 14.6 Å². The zero-order chi connectivity index (χ0) is 19.5. The van der Waals surface area contributed by atoms with Crippen LogP contribution in [-0.4, -0.2) is 24.7 Å². The van der Waals surface area contributed by atoms with Gasteiger partial charge in [0.25, 0.3) is 6.47 Å². The van der Waals surface area contributed by atoms with Crippen LogP contribution in [0.5, 0.6) is 5.75 Å². The van der Waals surface area contributed by atoms with Crippen LogP contribution in [0.15, 0.2) is 48.5 Å². The average Bonchev–Trinajstić information content (AvgIpc) is 2.70. The van der Waals surface area contributed by atoms with Crippen molar-refractivity contribution in [2.24, 2.45) is 0 Å². The number of para-hydroxylation sites is 2. The second-order valence-corrected chi connectivity index (χ2v) is 6.34. The van der Waals surface area contributed by atoms with Crippen molar-refractivity contribution in [1.29, 1.82) is 0 Å². The van der Waals surface area contributed by atoms with Gasteiger partial charge in [0.2, 0.25) is 0 Å². The van der Waals surface area contributed by atoms with Gasteiger partial charge in [-0.1, -0.05) is 43.5 Å². The zero-order valence-electron chi connectivity index (χ0n) is 15.5. The summed E-state index contributed by atoms with van der Waals surface area (Å²) >= 11 is 0. The Kier molecular flexibility index (Phi) is 8.16. The Hall–Kier alpha value is -3.02. The zero-order valence-corrected chi connectivity index (χ0v) is 15.5. The molecule has 6 heteroatoms. The Labute approximate surface area is 159 Å². The standard InChI is InChI=1S/C20H24N2O2.CH2O2/c1-24-19-10-6-5-9-18(19)22-20(23)21-17-13-11-16(12-14-17)15-7-3-2-4-8-15;2-1-3/h5-6,9-15H,2-4,7-8H2,1H3,(H2,21,22,23);1H,(H,2,3). The van der Waals surface area contributed by atoms with E-state index in [9.17, 15) is 4.79 Å². The van der Waals surface area contributed by atoms with Gasteiger partial charge in [-0.25, -0.2) is 4.79 Å². The Morgan fingerprint density at radius 2 is 1.67 bits per heavy atom. The van der Waals surface area contributed by atoms with Crippen LogP contribution < -0.4 is 15.4 Å². The van der Waals surface area contributed by atoms with Crippen molar-refractivity contribution in [3.8, 4) is 5.75 Å². The molecule has 0 aliphatic heterocycles. The third-order valence-electron chi connectivity index (χ3n) is 4.60. The number of anilines is 2. The molecule has 0 unspecified atom stereocenters. The number of benzene rings is 2. The lowest BCUT2D eigenvalue weighted by Crippen LogP contribution is -2.19. The summed E-state index contributed by atoms with van der Waals surface area (Å²) in [6, 6.07) is 15.3. The second-order valence-electron chi connectivity index (χ2n) is 6.34. The van der Waals surface area contributed by atoms with Gasteiger partial charge in [-0.05, 0) is 48.6 Å². The molecule has 27 heavy (non-hydrogen) atoms. The van der Waals surface area contributed by atoms with Gasteiger partial charge in [0.05, 0.1) is 12.8 Å². The number of urea groups is 1. The monoisotopic (exact) mass is 370 g/mol. The van der Waals surface area contributed by atoms with Crippen molar-refractivity contribution in [1.82, 2.24) is 0 Å². The van der Waals surface area contributed by atoms with Crippen molar-refractivity contribution in [2.45, 2.75) is 38.0 Å². The topological polar surface area (TPSA) is 87.7 Å². The van der Waals surface area contributed by atoms with Gasteiger partial charge < -0.3 is 20.5 Å². The van der Waals surface area contributed by atoms with E-state index < -0.39 is 0 Å². The highest BCUT2D eigenvalue weighted by Crippen LogP contribution is 2.33. The van der Waals surface area contributed by atoms with Gasteiger partial charge in [0.1, 0.15) is 5.75 Å². The first-order valence-corrected chi connectivity index (χ1v) is 9.06. The van der Waals surface area contributed by atoms with Crippen LogP contribution in [0, 0.1) is 0 Å². The summed E-state index contributed by atoms with van der Waals surface area (Å²) in [5, 5.41) is 12.6. The molecule has 0 atom stereocenters. The minimum Gasteiger partial charge on any atom is -0.495 e. The fraction of sp³-hybridized carbons (Fsp3) is 0.333. The predicted octanol–water partition coefficient (Wildman–Crippen LogP) is 5.09. The largest absolute Gasteiger partial charge is 0.495 e. The Bertz CT molecular complexity index is 725. The quantitative estimate of drug-likeness (QED) is 0.654. The molecule has 0 radical (unpaired) electrons. The molecule has 1 aliphatic rings. The number of nitrogens with one attached hydrogen (secondary N) is 2. The van der Waals surface area contributed by atoms with Crippen LogP contribution >= 0.6 is 0 Å². The SMILES string of the molecule is COc1ccccc1NC(=O)Nc1ccc(C2CCCCC2)cc1.O=CO. The lowest BCUT2D eigenvalue weighted by molar-refractivity contribution is -0.122. The number of rotatable bonds is 4. The van der Waals surface area contributed by atoms with Gasteiger partial charge >= 0.3 is 6.03 Å². The molecule has 1 aliphatic carbocycles. The van der Waals surface area contributed by atoms with Gasteiger partial charge in [-0.2, -0.15) is 0 Å². The van der Waals surface area contributed by atoms with E-state index in [0.717, 1.165) is 5.69 Å². The third kappa shape index (κ3) is 6.33. The van der Waals surface area contributed by atoms with E-state index >= 15 is 0 Å². The molecular formula is C21H26N2O4. The molecular weight excluding hydrogens is 344 g/mol. The summed E-state index contributed by atoms with van der Waals surface area (Å²) < 4.78 is 5.24. The summed E-state index contributed by atoms with van der Waals surface area (Å²) in [5.41, 5.74) is 2.82. The predicted molar refractivity (Wildman–Crippen MR) is 107 cm³/mol. The van der Waals surface area contributed by atoms with Crippen molar-refractivity contribution in [2.75, 3.05) is 17.7 Å². The molecule has 1 saturated carbocycles. The van der Waals surface area contributed by atoms with Gasteiger partial charge in [0.15, 0.2) is 0 Å². The summed E-state index contributed by atoms with van der Waals surface area (Å²) in [6.07, 6.45) is 6.57. The number of ether oxygens (including phenoxy) is 1. The second kappa shape index (κ2) is 10.9. The number of hydrogen-bond acceptors (Lipinski definition) is 3. The summed E-state index contributed by atoms with van der Waals surface area (Å²) in [4.78, 5) is 20.5. The maximum absolute atomic E-state index is 12.2. The molecule has 3 rings (SSSR count). The van der Waals surface area contributed by atoms with Crippen LogP contribution in [0.1, 0.15) is 43.6 Å². The molecule has 2 amide bonds. The van der Waals surface area contributed by atoms with Crippen LogP contribution in [0.25, 0.3) is 0 Å². The maximum atomic E-state index is 12.2. The first-order valence-electron chi connectivity index (χ1n) is 9.06. The van der Waals surface area contributed by atoms with E-state index in [1.165, 1.54) is 37.7 Å². The number of amides is 2. The lowest BCUT2D eigenvalue weighted by atomic mass is 9.84. The van der Waals surface area contributed by atoms with Crippen LogP contribution in [0.2, 0.25) is 0 Å². The molecule has 0 saturated heterocycles. The number of carbonyl (C=O) groups is 2. The molecule has 2 aromatic carbocycles. The normalized spacial score (nSPS) is 13.7. The summed E-state index contributed by atoms with van der Waals surface area (Å²) in [7, 11) is 1.59. The fourth-order valence-electron chi connectivity index (χ4n) is 3.31. The molecule has 1 fully saturated rings. The molecule has 0 bridgehead atoms. The molecule has 6 nitrogen and oxygen atoms in total. The van der Waals surface area contributed by atoms with Crippen LogP contribution in [0.4, 0.5) is 16.2 Å². The third-order valence-corrected chi connectivity index (χ3v) is 4.60. The Balaban J connectivity index is 0.000000817. The number of hydrogen-bond donors (Lipinski definition) is 3. The van der Waals surface area contributed by atoms with Crippen LogP contribution in [0.3, 0.4) is 0 Å². The Morgan fingerprint density at radius 1 is 1.04 bits per heavy atom. The first kappa shape index (κ1) is 20.3. The van der Waals surface area contributed by atoms with Crippen molar-refractivity contribution >= 4 is 23.9 Å². The smallest absolute Gasteiger partial charge is 0.323 e. The van der Waals surface area contributed by atoms with E-state index in [1.54, 1.807) is 7.11 Å². The van der Waals surface area contributed by atoms with E-state index in [-0.39, 0.29) is 12.5 Å². The highest BCUT2D eigenvalue weighted by atomic mass is 16.5. The summed E-state index contributed by atoms with van der Waals surface area (Å²) in [5.74, 6) is 1.32. The fourth-order valence-corrected chi connectivity index (χ4v) is 3.31. The average molecular weight is 370 g/mol. The number of carbonyl (C=O) groups excluding carboxylic acids is 1. The van der Waals surface area contributed by atoms with E-state index in [0.29, 0.717) is 17.4 Å². The highest BCUT2D eigenvalue weighted by Gasteiger charge is 2.15. The van der Waals surface area contributed by atoms with Crippen molar-refractivity contribution < 1.29 is 19.4 Å². The van der Waals surface area contributed by atoms with Gasteiger partial charge in [0, 0.05) is 5.69 Å². The number of methoxy groups -OCH3 is 1. The molecule has 144 valence electrons. The Morgan fingerprint density at radius 3 is 2.30 bits per heavy atom. The van der Waals surface area contributed by atoms with Crippen molar-refractivity contribution in [3.05, 3.63) is 54.1 Å². The first-order chi connectivity index (χ1) is 13.2. The molecule has 0 heterocycles. The maximum Gasteiger partial charge on any atom is 0.323 e. The molecule has 3 N–H and O–H groups in total. The molecule has 2 aromatic rings. The highest BCUT2D eigenvalue weighted by molar-refractivity contribution is 6.00.